The van der Waals surface area contributed by atoms with Gasteiger partial charge in [-0.25, -0.2) is 17.7 Å². The Bertz CT molecular complexity index is 611. The van der Waals surface area contributed by atoms with Crippen molar-refractivity contribution in [1.82, 2.24) is 13.9 Å². The lowest BCUT2D eigenvalue weighted by Gasteiger charge is -2.32. The maximum Gasteiger partial charge on any atom is 0.213 e. The van der Waals surface area contributed by atoms with Gasteiger partial charge in [0.15, 0.2) is 0 Å². The van der Waals surface area contributed by atoms with Crippen molar-refractivity contribution in [2.45, 2.75) is 58.4 Å². The van der Waals surface area contributed by atoms with Gasteiger partial charge in [0.2, 0.25) is 10.0 Å². The van der Waals surface area contributed by atoms with Gasteiger partial charge in [-0.05, 0) is 45.4 Å². The predicted molar refractivity (Wildman–Crippen MR) is 87.3 cm³/mol. The Balaban J connectivity index is 1.63. The number of rotatable bonds is 5. The Kier molecular flexibility index (Phi) is 4.59. The van der Waals surface area contributed by atoms with Crippen LogP contribution in [0.5, 0.6) is 0 Å². The Morgan fingerprint density at radius 3 is 2.45 bits per heavy atom. The van der Waals surface area contributed by atoms with Gasteiger partial charge < -0.3 is 4.57 Å². The topological polar surface area (TPSA) is 55.2 Å². The highest BCUT2D eigenvalue weighted by molar-refractivity contribution is 7.89. The molecule has 0 amide bonds. The van der Waals surface area contributed by atoms with Crippen molar-refractivity contribution < 1.29 is 8.42 Å². The molecule has 1 aliphatic carbocycles. The van der Waals surface area contributed by atoms with Crippen LogP contribution in [0.15, 0.2) is 6.20 Å². The Morgan fingerprint density at radius 2 is 1.91 bits per heavy atom. The molecule has 124 valence electrons. The second kappa shape index (κ2) is 6.32. The summed E-state index contributed by atoms with van der Waals surface area (Å²) in [5.74, 6) is 2.68. The number of piperidine rings is 1. The first kappa shape index (κ1) is 16.0. The summed E-state index contributed by atoms with van der Waals surface area (Å²) in [4.78, 5) is 4.63. The van der Waals surface area contributed by atoms with Crippen LogP contribution in [-0.4, -0.2) is 41.1 Å². The molecule has 5 nitrogen and oxygen atoms in total. The number of hydrogen-bond acceptors (Lipinski definition) is 3. The molecule has 1 aliphatic heterocycles. The van der Waals surface area contributed by atoms with Gasteiger partial charge in [0.05, 0.1) is 5.75 Å². The van der Waals surface area contributed by atoms with Crippen LogP contribution in [0, 0.1) is 12.8 Å². The van der Waals surface area contributed by atoms with E-state index in [1.54, 1.807) is 11.2 Å². The van der Waals surface area contributed by atoms with E-state index in [9.17, 15) is 8.42 Å². The molecule has 0 N–H and O–H groups in total. The zero-order valence-electron chi connectivity index (χ0n) is 13.7. The monoisotopic (exact) mass is 325 g/mol. The van der Waals surface area contributed by atoms with Crippen LogP contribution >= 0.6 is 0 Å². The van der Waals surface area contributed by atoms with Crippen molar-refractivity contribution >= 4 is 10.0 Å². The third-order valence-electron chi connectivity index (χ3n) is 5.33. The van der Waals surface area contributed by atoms with Crippen molar-refractivity contribution in [2.75, 3.05) is 18.8 Å². The van der Waals surface area contributed by atoms with E-state index in [0.29, 0.717) is 24.9 Å². The van der Waals surface area contributed by atoms with Gasteiger partial charge in [-0.1, -0.05) is 6.42 Å². The van der Waals surface area contributed by atoms with E-state index in [0.717, 1.165) is 19.4 Å². The fraction of sp³-hybridized carbons (Fsp3) is 0.812. The molecule has 0 unspecified atom stereocenters. The number of nitrogens with zero attached hydrogens (tertiary/aromatic N) is 3. The van der Waals surface area contributed by atoms with Gasteiger partial charge in [0, 0.05) is 37.4 Å². The van der Waals surface area contributed by atoms with Gasteiger partial charge in [-0.15, -0.1) is 0 Å². The van der Waals surface area contributed by atoms with Crippen LogP contribution in [0.3, 0.4) is 0 Å². The summed E-state index contributed by atoms with van der Waals surface area (Å²) in [5, 5.41) is 0. The molecule has 1 saturated heterocycles. The quantitative estimate of drug-likeness (QED) is 0.836. The third kappa shape index (κ3) is 3.08. The molecule has 0 atom stereocenters. The van der Waals surface area contributed by atoms with Crippen molar-refractivity contribution in [3.63, 3.8) is 0 Å². The van der Waals surface area contributed by atoms with E-state index in [1.807, 2.05) is 6.20 Å². The molecule has 0 bridgehead atoms. The molecule has 1 aromatic rings. The molecule has 0 radical (unpaired) electrons. The van der Waals surface area contributed by atoms with Crippen molar-refractivity contribution in [1.29, 1.82) is 0 Å². The van der Waals surface area contributed by atoms with Crippen LogP contribution in [-0.2, 0) is 16.6 Å². The fourth-order valence-electron chi connectivity index (χ4n) is 3.52. The molecular weight excluding hydrogens is 298 g/mol. The van der Waals surface area contributed by atoms with Crippen molar-refractivity contribution in [2.24, 2.45) is 5.92 Å². The smallest absolute Gasteiger partial charge is 0.213 e. The minimum absolute atomic E-state index is 0.212. The molecule has 3 rings (SSSR count). The highest BCUT2D eigenvalue weighted by atomic mass is 32.2. The maximum absolute atomic E-state index is 11.9. The summed E-state index contributed by atoms with van der Waals surface area (Å²) < 4.78 is 27.9. The van der Waals surface area contributed by atoms with Crippen LogP contribution in [0.2, 0.25) is 0 Å². The molecule has 6 heteroatoms. The average Bonchev–Trinajstić information content (AvgIpc) is 2.80. The highest BCUT2D eigenvalue weighted by Crippen LogP contribution is 2.36. The Morgan fingerprint density at radius 1 is 1.23 bits per heavy atom. The van der Waals surface area contributed by atoms with Crippen LogP contribution in [0.1, 0.15) is 56.5 Å². The number of imidazole rings is 1. The van der Waals surface area contributed by atoms with Gasteiger partial charge in [-0.3, -0.25) is 0 Å². The lowest BCUT2D eigenvalue weighted by Crippen LogP contribution is -2.40. The van der Waals surface area contributed by atoms with E-state index < -0.39 is 10.0 Å². The van der Waals surface area contributed by atoms with Gasteiger partial charge >= 0.3 is 0 Å². The minimum Gasteiger partial charge on any atom is -0.332 e. The first-order valence-electron chi connectivity index (χ1n) is 8.51. The Labute approximate surface area is 133 Å². The lowest BCUT2D eigenvalue weighted by atomic mass is 9.84. The van der Waals surface area contributed by atoms with Gasteiger partial charge in [-0.2, -0.15) is 0 Å². The van der Waals surface area contributed by atoms with Gasteiger partial charge in [0.25, 0.3) is 0 Å². The van der Waals surface area contributed by atoms with E-state index in [-0.39, 0.29) is 5.75 Å². The molecule has 0 aromatic carbocycles. The Hall–Kier alpha value is -0.880. The largest absolute Gasteiger partial charge is 0.332 e. The normalized spacial score (nSPS) is 21.9. The molecular formula is C16H27N3O2S. The molecule has 2 heterocycles. The second-order valence-corrected chi connectivity index (χ2v) is 9.00. The highest BCUT2D eigenvalue weighted by Gasteiger charge is 2.29. The second-order valence-electron chi connectivity index (χ2n) is 6.74. The maximum atomic E-state index is 11.9. The van der Waals surface area contributed by atoms with E-state index in [2.05, 4.69) is 16.5 Å². The van der Waals surface area contributed by atoms with Crippen molar-refractivity contribution in [3.8, 4) is 0 Å². The van der Waals surface area contributed by atoms with E-state index >= 15 is 0 Å². The number of sulfonamides is 1. The summed E-state index contributed by atoms with van der Waals surface area (Å²) in [7, 11) is -3.02. The average molecular weight is 325 g/mol. The lowest BCUT2D eigenvalue weighted by molar-refractivity contribution is 0.247. The van der Waals surface area contributed by atoms with Crippen molar-refractivity contribution in [3.05, 3.63) is 17.7 Å². The summed E-state index contributed by atoms with van der Waals surface area (Å²) in [6.07, 6.45) is 7.77. The molecule has 0 spiro atoms. The first-order valence-corrected chi connectivity index (χ1v) is 10.1. The standard InChI is InChI=1S/C16H27N3O2S/c1-3-22(20,21)18-9-7-14(8-10-18)12-19-13(2)11-17-16(19)15-5-4-6-15/h11,14-15H,3-10,12H2,1-2H3. The summed E-state index contributed by atoms with van der Waals surface area (Å²) in [6.45, 7) is 6.20. The number of aromatic nitrogens is 2. The number of aryl methyl sites for hydroxylation is 1. The summed E-state index contributed by atoms with van der Waals surface area (Å²) in [6, 6.07) is 0. The van der Waals surface area contributed by atoms with E-state index in [1.165, 1.54) is 30.8 Å². The summed E-state index contributed by atoms with van der Waals surface area (Å²) in [5.41, 5.74) is 1.24. The van der Waals surface area contributed by atoms with Crippen LogP contribution in [0.25, 0.3) is 0 Å². The zero-order valence-corrected chi connectivity index (χ0v) is 14.5. The summed E-state index contributed by atoms with van der Waals surface area (Å²) >= 11 is 0. The molecule has 2 aliphatic rings. The zero-order chi connectivity index (χ0) is 15.7. The first-order chi connectivity index (χ1) is 10.5. The third-order valence-corrected chi connectivity index (χ3v) is 7.21. The molecule has 1 saturated carbocycles. The predicted octanol–water partition coefficient (Wildman–Crippen LogP) is 2.52. The van der Waals surface area contributed by atoms with Crippen LogP contribution < -0.4 is 0 Å². The molecule has 1 aromatic heterocycles. The van der Waals surface area contributed by atoms with Gasteiger partial charge in [0.1, 0.15) is 5.82 Å². The fourth-order valence-corrected chi connectivity index (χ4v) is 4.65. The van der Waals surface area contributed by atoms with E-state index in [4.69, 9.17) is 0 Å². The minimum atomic E-state index is -3.02. The SMILES string of the molecule is CCS(=O)(=O)N1CCC(Cn2c(C)cnc2C2CCC2)CC1. The number of hydrogen-bond donors (Lipinski definition) is 0. The van der Waals surface area contributed by atoms with Crippen LogP contribution in [0.4, 0.5) is 0 Å². The molecule has 22 heavy (non-hydrogen) atoms. The molecule has 2 fully saturated rings.